The molecule has 0 bridgehead atoms. The maximum Gasteiger partial charge on any atom is 0.268 e. The molecule has 0 aliphatic rings. The molecule has 0 heterocycles. The predicted molar refractivity (Wildman–Crippen MR) is 104 cm³/mol. The lowest BCUT2D eigenvalue weighted by Gasteiger charge is -2.25. The molecule has 8 heteroatoms. The molecule has 0 aromatic heterocycles. The number of hydrogen-bond donors (Lipinski definition) is 2. The van der Waals surface area contributed by atoms with Gasteiger partial charge in [-0.1, -0.05) is 23.8 Å². The first-order valence-corrected chi connectivity index (χ1v) is 9.85. The molecule has 2 rings (SSSR count). The van der Waals surface area contributed by atoms with Crippen molar-refractivity contribution in [2.45, 2.75) is 18.7 Å². The van der Waals surface area contributed by atoms with Gasteiger partial charge >= 0.3 is 0 Å². The Morgan fingerprint density at radius 2 is 1.74 bits per heavy atom. The summed E-state index contributed by atoms with van der Waals surface area (Å²) in [5, 5.41) is 11.4. The minimum Gasteiger partial charge on any atom is -0.495 e. The van der Waals surface area contributed by atoms with Crippen LogP contribution >= 0.6 is 0 Å². The number of ether oxygens (including phenoxy) is 1. The highest BCUT2D eigenvalue weighted by molar-refractivity contribution is 7.93. The van der Waals surface area contributed by atoms with Crippen molar-refractivity contribution < 1.29 is 23.1 Å². The van der Waals surface area contributed by atoms with Crippen LogP contribution in [-0.4, -0.2) is 46.2 Å². The van der Waals surface area contributed by atoms with Crippen molar-refractivity contribution in [2.75, 3.05) is 31.1 Å². The zero-order valence-corrected chi connectivity index (χ0v) is 16.4. The highest BCUT2D eigenvalue weighted by atomic mass is 32.2. The first-order chi connectivity index (χ1) is 12.8. The zero-order chi connectivity index (χ0) is 20.0. The van der Waals surface area contributed by atoms with E-state index in [0.717, 1.165) is 15.4 Å². The lowest BCUT2D eigenvalue weighted by atomic mass is 10.2. The average Bonchev–Trinajstić information content (AvgIpc) is 2.65. The van der Waals surface area contributed by atoms with Crippen LogP contribution in [0.5, 0.6) is 5.75 Å². The second-order valence-corrected chi connectivity index (χ2v) is 7.91. The summed E-state index contributed by atoms with van der Waals surface area (Å²) < 4.78 is 33.0. The molecule has 0 radical (unpaired) electrons. The van der Waals surface area contributed by atoms with E-state index < -0.39 is 22.5 Å². The lowest BCUT2D eigenvalue weighted by molar-refractivity contribution is -0.119. The van der Waals surface area contributed by atoms with Crippen LogP contribution < -0.4 is 14.4 Å². The van der Waals surface area contributed by atoms with E-state index in [1.165, 1.54) is 13.2 Å². The third-order valence-corrected chi connectivity index (χ3v) is 5.73. The van der Waals surface area contributed by atoms with E-state index in [-0.39, 0.29) is 23.8 Å². The van der Waals surface area contributed by atoms with Gasteiger partial charge in [-0.15, -0.1) is 0 Å². The van der Waals surface area contributed by atoms with Crippen molar-refractivity contribution in [2.24, 2.45) is 0 Å². The van der Waals surface area contributed by atoms with Gasteiger partial charge in [0.2, 0.25) is 5.91 Å². The van der Waals surface area contributed by atoms with Crippen molar-refractivity contribution >= 4 is 21.6 Å². The Hall–Kier alpha value is -2.58. The highest BCUT2D eigenvalue weighted by Gasteiger charge is 2.30. The lowest BCUT2D eigenvalue weighted by Crippen LogP contribution is -2.41. The van der Waals surface area contributed by atoms with Gasteiger partial charge < -0.3 is 15.2 Å². The minimum absolute atomic E-state index is 0.0134. The fourth-order valence-corrected chi connectivity index (χ4v) is 4.18. The number of aliphatic hydroxyl groups excluding tert-OH is 1. The molecule has 146 valence electrons. The largest absolute Gasteiger partial charge is 0.495 e. The fraction of sp³-hybridized carbons (Fsp3) is 0.316. The number of carbonyl (C=O) groups excluding carboxylic acids is 1. The molecule has 2 aromatic carbocycles. The Bertz CT molecular complexity index is 895. The normalized spacial score (nSPS) is 11.1. The van der Waals surface area contributed by atoms with Gasteiger partial charge in [0, 0.05) is 6.54 Å². The molecular formula is C19H24N2O5S. The summed E-state index contributed by atoms with van der Waals surface area (Å²) in [6.45, 7) is 3.08. The zero-order valence-electron chi connectivity index (χ0n) is 15.6. The molecule has 0 saturated heterocycles. The second kappa shape index (κ2) is 8.88. The maximum atomic E-state index is 13.4. The second-order valence-electron chi connectivity index (χ2n) is 6.08. The standard InChI is InChI=1S/C19H24N2O5S/c1-14-4-7-16(8-5-14)21(13-19(23)20-10-11-22)27(24,25)18-12-15(2)6-9-17(18)26-3/h4-9,12,22H,10-11,13H2,1-3H3,(H,20,23). The molecule has 0 unspecified atom stereocenters. The molecule has 2 aromatic rings. The van der Waals surface area contributed by atoms with Crippen LogP contribution in [0.4, 0.5) is 5.69 Å². The number of aliphatic hydroxyl groups is 1. The number of amides is 1. The Balaban J connectivity index is 2.52. The summed E-state index contributed by atoms with van der Waals surface area (Å²) in [5.74, 6) is -0.312. The molecular weight excluding hydrogens is 368 g/mol. The van der Waals surface area contributed by atoms with Crippen LogP contribution in [0, 0.1) is 13.8 Å². The number of nitrogens with zero attached hydrogens (tertiary/aromatic N) is 1. The smallest absolute Gasteiger partial charge is 0.268 e. The van der Waals surface area contributed by atoms with Crippen molar-refractivity contribution in [3.63, 3.8) is 0 Å². The Labute approximate surface area is 159 Å². The molecule has 0 aliphatic carbocycles. The van der Waals surface area contributed by atoms with Crippen molar-refractivity contribution in [1.29, 1.82) is 0 Å². The molecule has 7 nitrogen and oxygen atoms in total. The van der Waals surface area contributed by atoms with Crippen LogP contribution in [-0.2, 0) is 14.8 Å². The fourth-order valence-electron chi connectivity index (χ4n) is 2.51. The number of methoxy groups -OCH3 is 1. The summed E-state index contributed by atoms with van der Waals surface area (Å²) in [4.78, 5) is 12.2. The summed E-state index contributed by atoms with van der Waals surface area (Å²) in [7, 11) is -2.67. The molecule has 0 spiro atoms. The third-order valence-electron chi connectivity index (χ3n) is 3.93. The third kappa shape index (κ3) is 4.99. The van der Waals surface area contributed by atoms with E-state index in [1.807, 2.05) is 6.92 Å². The quantitative estimate of drug-likeness (QED) is 0.712. The topological polar surface area (TPSA) is 95.9 Å². The summed E-state index contributed by atoms with van der Waals surface area (Å²) in [6.07, 6.45) is 0. The molecule has 2 N–H and O–H groups in total. The minimum atomic E-state index is -4.07. The molecule has 1 amide bonds. The van der Waals surface area contributed by atoms with Gasteiger partial charge in [0.05, 0.1) is 19.4 Å². The number of sulfonamides is 1. The molecule has 0 aliphatic heterocycles. The number of nitrogens with one attached hydrogen (secondary N) is 1. The molecule has 0 saturated carbocycles. The monoisotopic (exact) mass is 392 g/mol. The maximum absolute atomic E-state index is 13.4. The summed E-state index contributed by atoms with van der Waals surface area (Å²) >= 11 is 0. The number of benzene rings is 2. The van der Waals surface area contributed by atoms with E-state index in [1.54, 1.807) is 43.3 Å². The first kappa shape index (κ1) is 20.7. The van der Waals surface area contributed by atoms with Crippen molar-refractivity contribution in [1.82, 2.24) is 5.32 Å². The highest BCUT2D eigenvalue weighted by Crippen LogP contribution is 2.30. The predicted octanol–water partition coefficient (Wildman–Crippen LogP) is 1.62. The summed E-state index contributed by atoms with van der Waals surface area (Å²) in [6, 6.07) is 11.7. The average molecular weight is 392 g/mol. The summed E-state index contributed by atoms with van der Waals surface area (Å²) in [5.41, 5.74) is 2.08. The van der Waals surface area contributed by atoms with E-state index in [2.05, 4.69) is 5.32 Å². The van der Waals surface area contributed by atoms with E-state index in [4.69, 9.17) is 9.84 Å². The molecule has 27 heavy (non-hydrogen) atoms. The van der Waals surface area contributed by atoms with Gasteiger partial charge in [-0.3, -0.25) is 9.10 Å². The number of aryl methyl sites for hydroxylation is 2. The first-order valence-electron chi connectivity index (χ1n) is 8.41. The molecule has 0 atom stereocenters. The van der Waals surface area contributed by atoms with E-state index in [9.17, 15) is 13.2 Å². The number of anilines is 1. The Kier molecular flexibility index (Phi) is 6.81. The van der Waals surface area contributed by atoms with Gasteiger partial charge in [0.1, 0.15) is 17.2 Å². The van der Waals surface area contributed by atoms with Gasteiger partial charge in [0.15, 0.2) is 0 Å². The molecule has 0 fully saturated rings. The van der Waals surface area contributed by atoms with Gasteiger partial charge in [-0.05, 0) is 43.7 Å². The van der Waals surface area contributed by atoms with Gasteiger partial charge in [-0.25, -0.2) is 8.42 Å². The van der Waals surface area contributed by atoms with Crippen LogP contribution in [0.25, 0.3) is 0 Å². The van der Waals surface area contributed by atoms with E-state index in [0.29, 0.717) is 5.69 Å². The van der Waals surface area contributed by atoms with Crippen LogP contribution in [0.2, 0.25) is 0 Å². The Morgan fingerprint density at radius 1 is 1.11 bits per heavy atom. The number of carbonyl (C=O) groups is 1. The van der Waals surface area contributed by atoms with E-state index >= 15 is 0 Å². The van der Waals surface area contributed by atoms with Crippen molar-refractivity contribution in [3.8, 4) is 5.75 Å². The van der Waals surface area contributed by atoms with Gasteiger partial charge in [-0.2, -0.15) is 0 Å². The van der Waals surface area contributed by atoms with Gasteiger partial charge in [0.25, 0.3) is 10.0 Å². The van der Waals surface area contributed by atoms with Crippen LogP contribution in [0.3, 0.4) is 0 Å². The SMILES string of the molecule is COc1ccc(C)cc1S(=O)(=O)N(CC(=O)NCCO)c1ccc(C)cc1. The Morgan fingerprint density at radius 3 is 2.33 bits per heavy atom. The van der Waals surface area contributed by atoms with Crippen LogP contribution in [0.15, 0.2) is 47.4 Å². The number of hydrogen-bond acceptors (Lipinski definition) is 5. The number of rotatable bonds is 8. The van der Waals surface area contributed by atoms with Crippen molar-refractivity contribution in [3.05, 3.63) is 53.6 Å². The van der Waals surface area contributed by atoms with Crippen LogP contribution in [0.1, 0.15) is 11.1 Å².